The van der Waals surface area contributed by atoms with Crippen LogP contribution in [0.2, 0.25) is 0 Å². The van der Waals surface area contributed by atoms with Gasteiger partial charge in [-0.1, -0.05) is 13.8 Å². The van der Waals surface area contributed by atoms with Crippen LogP contribution in [0.1, 0.15) is 39.3 Å². The van der Waals surface area contributed by atoms with Gasteiger partial charge in [-0.25, -0.2) is 4.99 Å². The molecule has 0 radical (unpaired) electrons. The van der Waals surface area contributed by atoms with Crippen LogP contribution in [0.4, 0.5) is 0 Å². The van der Waals surface area contributed by atoms with Crippen LogP contribution in [-0.4, -0.2) is 58.0 Å². The summed E-state index contributed by atoms with van der Waals surface area (Å²) in [5, 5.41) is 11.7. The van der Waals surface area contributed by atoms with E-state index in [9.17, 15) is 0 Å². The molecule has 138 valence electrons. The highest BCUT2D eigenvalue weighted by Crippen LogP contribution is 2.46. The van der Waals surface area contributed by atoms with Crippen molar-refractivity contribution in [2.24, 2.45) is 17.5 Å². The van der Waals surface area contributed by atoms with E-state index in [0.29, 0.717) is 13.2 Å². The number of aromatic nitrogens is 3. The van der Waals surface area contributed by atoms with E-state index >= 15 is 0 Å². The van der Waals surface area contributed by atoms with Crippen molar-refractivity contribution in [3.05, 3.63) is 11.6 Å². The lowest BCUT2D eigenvalue weighted by Gasteiger charge is -2.62. The zero-order chi connectivity index (χ0) is 17.3. The number of halogens is 1. The summed E-state index contributed by atoms with van der Waals surface area (Å²) in [5.74, 6) is 2.67. The van der Waals surface area contributed by atoms with Gasteiger partial charge in [-0.2, -0.15) is 0 Å². The highest BCUT2D eigenvalue weighted by atomic mass is 127. The lowest BCUT2D eigenvalue weighted by Crippen LogP contribution is -2.72. The summed E-state index contributed by atoms with van der Waals surface area (Å²) in [4.78, 5) is 7.10. The minimum Gasteiger partial charge on any atom is -0.383 e. The Morgan fingerprint density at radius 1 is 1.29 bits per heavy atom. The second kappa shape index (κ2) is 7.99. The molecule has 0 aromatic carbocycles. The lowest BCUT2D eigenvalue weighted by molar-refractivity contribution is -0.0669. The average Bonchev–Trinajstić information content (AvgIpc) is 2.80. The van der Waals surface area contributed by atoms with Crippen LogP contribution in [0.15, 0.2) is 4.99 Å². The number of methoxy groups -OCH3 is 1. The van der Waals surface area contributed by atoms with Crippen molar-refractivity contribution in [2.45, 2.75) is 46.7 Å². The second-order valence-corrected chi connectivity index (χ2v) is 7.31. The highest BCUT2D eigenvalue weighted by molar-refractivity contribution is 14.0. The first-order valence-corrected chi connectivity index (χ1v) is 8.10. The maximum atomic E-state index is 5.14. The third kappa shape index (κ3) is 4.01. The molecule has 0 spiro atoms. The van der Waals surface area contributed by atoms with Crippen LogP contribution in [0.3, 0.4) is 0 Å². The quantitative estimate of drug-likeness (QED) is 0.322. The number of aryl methyl sites for hydroxylation is 1. The molecule has 1 N–H and O–H groups in total. The predicted octanol–water partition coefficient (Wildman–Crippen LogP) is 1.95. The average molecular weight is 450 g/mol. The van der Waals surface area contributed by atoms with E-state index in [4.69, 9.17) is 9.73 Å². The van der Waals surface area contributed by atoms with Gasteiger partial charge in [-0.05, 0) is 20.8 Å². The highest BCUT2D eigenvalue weighted by Gasteiger charge is 2.53. The summed E-state index contributed by atoms with van der Waals surface area (Å²) in [7, 11) is 3.67. The maximum Gasteiger partial charge on any atom is 0.194 e. The van der Waals surface area contributed by atoms with Gasteiger partial charge < -0.3 is 19.5 Å². The van der Waals surface area contributed by atoms with Gasteiger partial charge in [-0.3, -0.25) is 0 Å². The van der Waals surface area contributed by atoms with Crippen molar-refractivity contribution in [2.75, 3.05) is 26.8 Å². The predicted molar refractivity (Wildman–Crippen MR) is 107 cm³/mol. The minimum atomic E-state index is 0. The normalized spacial score (nSPS) is 18.8. The van der Waals surface area contributed by atoms with Gasteiger partial charge >= 0.3 is 0 Å². The van der Waals surface area contributed by atoms with Gasteiger partial charge in [-0.15, -0.1) is 34.2 Å². The standard InChI is InChI=1S/C16H30N6O.HI/c1-12-19-20-13(21(12)6)10-18-14(17-8-9-23-7)22-11-15(2,3)16(22,4)5;/h8-11H2,1-7H3,(H,17,18);1H. The SMILES string of the molecule is COCCNC(=NCc1nnc(C)n1C)N1CC(C)(C)C1(C)C.I. The number of nitrogens with zero attached hydrogens (tertiary/aromatic N) is 5. The van der Waals surface area contributed by atoms with E-state index < -0.39 is 0 Å². The fourth-order valence-corrected chi connectivity index (χ4v) is 2.64. The number of rotatable bonds is 5. The molecule has 0 saturated carbocycles. The third-order valence-electron chi connectivity index (χ3n) is 5.28. The largest absolute Gasteiger partial charge is 0.383 e. The number of hydrogen-bond donors (Lipinski definition) is 1. The van der Waals surface area contributed by atoms with Crippen LogP contribution in [0.25, 0.3) is 0 Å². The van der Waals surface area contributed by atoms with Crippen molar-refractivity contribution in [3.8, 4) is 0 Å². The van der Waals surface area contributed by atoms with Crippen molar-refractivity contribution >= 4 is 29.9 Å². The summed E-state index contributed by atoms with van der Waals surface area (Å²) < 4.78 is 7.11. The molecule has 0 bridgehead atoms. The number of aliphatic imine (C=N–C) groups is 1. The zero-order valence-electron chi connectivity index (χ0n) is 15.9. The van der Waals surface area contributed by atoms with E-state index in [1.807, 2.05) is 18.5 Å². The van der Waals surface area contributed by atoms with Gasteiger partial charge in [0.15, 0.2) is 11.8 Å². The van der Waals surface area contributed by atoms with Gasteiger partial charge in [0.2, 0.25) is 0 Å². The van der Waals surface area contributed by atoms with Crippen molar-refractivity contribution < 1.29 is 4.74 Å². The van der Waals surface area contributed by atoms with Crippen LogP contribution in [-0.2, 0) is 18.3 Å². The number of ether oxygens (including phenoxy) is 1. The van der Waals surface area contributed by atoms with Gasteiger partial charge in [0, 0.05) is 38.2 Å². The number of guanidine groups is 1. The first-order valence-electron chi connectivity index (χ1n) is 8.10. The summed E-state index contributed by atoms with van der Waals surface area (Å²) in [6, 6.07) is 0. The fourth-order valence-electron chi connectivity index (χ4n) is 2.64. The van der Waals surface area contributed by atoms with E-state index in [0.717, 1.165) is 30.7 Å². The molecular weight excluding hydrogens is 419 g/mol. The summed E-state index contributed by atoms with van der Waals surface area (Å²) in [6.45, 7) is 13.9. The van der Waals surface area contributed by atoms with E-state index in [1.165, 1.54) is 0 Å². The topological polar surface area (TPSA) is 67.6 Å². The Bertz CT molecular complexity index is 581. The number of nitrogens with one attached hydrogen (secondary N) is 1. The molecule has 1 fully saturated rings. The van der Waals surface area contributed by atoms with Gasteiger partial charge in [0.05, 0.1) is 6.61 Å². The third-order valence-corrected chi connectivity index (χ3v) is 5.28. The Kier molecular flexibility index (Phi) is 7.04. The van der Waals surface area contributed by atoms with Crippen LogP contribution >= 0.6 is 24.0 Å². The lowest BCUT2D eigenvalue weighted by atomic mass is 9.65. The van der Waals surface area contributed by atoms with E-state index in [-0.39, 0.29) is 34.9 Å². The van der Waals surface area contributed by atoms with Gasteiger partial charge in [0.25, 0.3) is 0 Å². The Hall–Kier alpha value is -0.900. The summed E-state index contributed by atoms with van der Waals surface area (Å²) >= 11 is 0. The molecule has 1 aromatic heterocycles. The minimum absolute atomic E-state index is 0. The first-order chi connectivity index (χ1) is 10.7. The molecule has 1 aromatic rings. The molecule has 1 aliphatic rings. The molecule has 2 rings (SSSR count). The molecule has 1 saturated heterocycles. The fraction of sp³-hybridized carbons (Fsp3) is 0.812. The molecular formula is C16H31IN6O. The Balaban J connectivity index is 0.00000288. The number of hydrogen-bond acceptors (Lipinski definition) is 4. The van der Waals surface area contributed by atoms with E-state index in [1.54, 1.807) is 7.11 Å². The molecule has 1 aliphatic heterocycles. The molecule has 24 heavy (non-hydrogen) atoms. The van der Waals surface area contributed by atoms with Crippen molar-refractivity contribution in [1.82, 2.24) is 25.0 Å². The van der Waals surface area contributed by atoms with Crippen LogP contribution < -0.4 is 5.32 Å². The Morgan fingerprint density at radius 3 is 2.42 bits per heavy atom. The monoisotopic (exact) mass is 450 g/mol. The molecule has 0 aliphatic carbocycles. The molecule has 0 amide bonds. The molecule has 7 nitrogen and oxygen atoms in total. The smallest absolute Gasteiger partial charge is 0.194 e. The molecule has 2 heterocycles. The van der Waals surface area contributed by atoms with Crippen LogP contribution in [0, 0.1) is 12.3 Å². The summed E-state index contributed by atoms with van der Waals surface area (Å²) in [6.07, 6.45) is 0. The van der Waals surface area contributed by atoms with Crippen LogP contribution in [0.5, 0.6) is 0 Å². The van der Waals surface area contributed by atoms with Gasteiger partial charge in [0.1, 0.15) is 12.4 Å². The molecule has 0 unspecified atom stereocenters. The first kappa shape index (κ1) is 21.1. The molecule has 8 heteroatoms. The Labute approximate surface area is 162 Å². The van der Waals surface area contributed by atoms with Crippen molar-refractivity contribution in [1.29, 1.82) is 0 Å². The van der Waals surface area contributed by atoms with Crippen molar-refractivity contribution in [3.63, 3.8) is 0 Å². The second-order valence-electron chi connectivity index (χ2n) is 7.31. The Morgan fingerprint density at radius 2 is 1.96 bits per heavy atom. The number of likely N-dealkylation sites (tertiary alicyclic amines) is 1. The maximum absolute atomic E-state index is 5.14. The van der Waals surface area contributed by atoms with E-state index in [2.05, 4.69) is 48.1 Å². The zero-order valence-corrected chi connectivity index (χ0v) is 18.2. The molecule has 0 atom stereocenters. The summed E-state index contributed by atoms with van der Waals surface area (Å²) in [5.41, 5.74) is 0.319.